The Morgan fingerprint density at radius 3 is 2.58 bits per heavy atom. The zero-order valence-corrected chi connectivity index (χ0v) is 21.9. The molecule has 0 radical (unpaired) electrons. The van der Waals surface area contributed by atoms with Crippen molar-refractivity contribution in [3.63, 3.8) is 0 Å². The van der Waals surface area contributed by atoms with Gasteiger partial charge in [0.2, 0.25) is 0 Å². The normalized spacial score (nSPS) is 19.8. The molecule has 0 saturated carbocycles. The van der Waals surface area contributed by atoms with Gasteiger partial charge in [0.15, 0.2) is 0 Å². The average molecular weight is 457 g/mol. The number of methoxy groups -OCH3 is 1. The molecule has 0 bridgehead atoms. The lowest BCUT2D eigenvalue weighted by Crippen LogP contribution is -2.41. The highest BCUT2D eigenvalue weighted by atomic mass is 16.5. The number of nitrogens with zero attached hydrogens (tertiary/aromatic N) is 1. The lowest BCUT2D eigenvalue weighted by molar-refractivity contribution is -0.116. The molecule has 3 rings (SSSR count). The van der Waals surface area contributed by atoms with E-state index in [1.807, 2.05) is 7.11 Å². The number of ether oxygens (including phenoxy) is 1. The zero-order chi connectivity index (χ0) is 24.1. The van der Waals surface area contributed by atoms with Crippen LogP contribution in [-0.2, 0) is 14.9 Å². The number of allylic oxidation sites excluding steroid dienone is 1. The highest BCUT2D eigenvalue weighted by Gasteiger charge is 2.42. The number of fused-ring (bicyclic) bond motifs is 2. The summed E-state index contributed by atoms with van der Waals surface area (Å²) in [6.07, 6.45) is 10.3. The molecular formula is C29H48N2O2. The first-order valence-corrected chi connectivity index (χ1v) is 13.1. The number of hydrogen-bond acceptors (Lipinski definition) is 3. The van der Waals surface area contributed by atoms with Crippen LogP contribution >= 0.6 is 0 Å². The van der Waals surface area contributed by atoms with Crippen molar-refractivity contribution in [2.45, 2.75) is 96.6 Å². The van der Waals surface area contributed by atoms with Crippen LogP contribution in [0, 0.1) is 5.92 Å². The average Bonchev–Trinajstić information content (AvgIpc) is 3.13. The van der Waals surface area contributed by atoms with E-state index in [1.54, 1.807) is 0 Å². The van der Waals surface area contributed by atoms with Crippen LogP contribution < -0.4 is 5.32 Å². The lowest BCUT2D eigenvalue weighted by atomic mass is 9.74. The molecule has 1 N–H and O–H groups in total. The largest absolute Gasteiger partial charge is 0.379 e. The van der Waals surface area contributed by atoms with Crippen molar-refractivity contribution in [1.29, 1.82) is 0 Å². The fraction of sp³-hybridized carbons (Fsp3) is 0.690. The van der Waals surface area contributed by atoms with E-state index in [1.165, 1.54) is 31.4 Å². The van der Waals surface area contributed by atoms with Gasteiger partial charge in [-0.05, 0) is 89.6 Å². The molecule has 0 aromatic heterocycles. The monoisotopic (exact) mass is 456 g/mol. The Balaban J connectivity index is 0.00000408. The molecule has 1 spiro atoms. The number of likely N-dealkylation sites (tertiary alicyclic amines) is 1. The van der Waals surface area contributed by atoms with Gasteiger partial charge in [-0.25, -0.2) is 0 Å². The molecule has 1 aromatic carbocycles. The number of nitrogens with one attached hydrogen (secondary N) is 1. The van der Waals surface area contributed by atoms with E-state index in [-0.39, 0.29) is 24.4 Å². The van der Waals surface area contributed by atoms with Crippen LogP contribution in [0.4, 0.5) is 0 Å². The van der Waals surface area contributed by atoms with E-state index < -0.39 is 0 Å². The summed E-state index contributed by atoms with van der Waals surface area (Å²) < 4.78 is 5.55. The summed E-state index contributed by atoms with van der Waals surface area (Å²) in [4.78, 5) is 15.6. The van der Waals surface area contributed by atoms with Crippen LogP contribution in [0.25, 0.3) is 5.57 Å². The molecule has 1 amide bonds. The predicted octanol–water partition coefficient (Wildman–Crippen LogP) is 6.20. The van der Waals surface area contributed by atoms with Crippen LogP contribution in [0.2, 0.25) is 0 Å². The van der Waals surface area contributed by atoms with Crippen molar-refractivity contribution in [2.75, 3.05) is 26.7 Å². The minimum absolute atomic E-state index is 0. The predicted molar refractivity (Wildman–Crippen MR) is 141 cm³/mol. The van der Waals surface area contributed by atoms with E-state index in [0.29, 0.717) is 0 Å². The molecule has 4 nitrogen and oxygen atoms in total. The Morgan fingerprint density at radius 1 is 1.21 bits per heavy atom. The van der Waals surface area contributed by atoms with Crippen molar-refractivity contribution in [3.8, 4) is 0 Å². The number of benzene rings is 1. The Morgan fingerprint density at radius 2 is 1.91 bits per heavy atom. The van der Waals surface area contributed by atoms with Gasteiger partial charge in [0.1, 0.15) is 0 Å². The summed E-state index contributed by atoms with van der Waals surface area (Å²) in [6.45, 7) is 14.3. The molecule has 4 heteroatoms. The molecule has 1 heterocycles. The van der Waals surface area contributed by atoms with Crippen LogP contribution in [-0.4, -0.2) is 49.2 Å². The van der Waals surface area contributed by atoms with E-state index in [2.05, 4.69) is 75.2 Å². The second kappa shape index (κ2) is 11.2. The number of amides is 1. The maximum atomic E-state index is 13.0. The second-order valence-electron chi connectivity index (χ2n) is 11.1. The number of rotatable bonds is 11. The van der Waals surface area contributed by atoms with Gasteiger partial charge < -0.3 is 15.0 Å². The number of carbonyl (C=O) groups is 1. The van der Waals surface area contributed by atoms with Gasteiger partial charge in [0.25, 0.3) is 5.91 Å². The van der Waals surface area contributed by atoms with Crippen molar-refractivity contribution in [3.05, 3.63) is 41.5 Å². The van der Waals surface area contributed by atoms with Gasteiger partial charge in [-0.3, -0.25) is 4.79 Å². The number of hydrogen-bond donors (Lipinski definition) is 1. The maximum absolute atomic E-state index is 13.0. The zero-order valence-electron chi connectivity index (χ0n) is 21.9. The molecular weight excluding hydrogens is 408 g/mol. The molecule has 1 aliphatic heterocycles. The summed E-state index contributed by atoms with van der Waals surface area (Å²) in [5, 5.41) is 3.18. The Hall–Kier alpha value is -1.65. The summed E-state index contributed by atoms with van der Waals surface area (Å²) >= 11 is 0. The Labute approximate surface area is 203 Å². The standard InChI is InChI=1S/C29H46N2O2.H2/c1-7-23(3)30-27(32)25-21-29(26-13-9-8-12-24(25)26)16-19-31(20-17-29)18-14-22(2)11-10-15-28(4,5)33-6;/h8-9,12-13,21-23H,7,10-11,14-20H2,1-6H3,(H,30,32);1H. The third-order valence-electron chi connectivity index (χ3n) is 8.12. The fourth-order valence-electron chi connectivity index (χ4n) is 5.29. The smallest absolute Gasteiger partial charge is 0.251 e. The second-order valence-corrected chi connectivity index (χ2v) is 11.1. The van der Waals surface area contributed by atoms with Gasteiger partial charge >= 0.3 is 0 Å². The molecule has 1 fully saturated rings. The molecule has 2 atom stereocenters. The highest BCUT2D eigenvalue weighted by molar-refractivity contribution is 6.21. The minimum atomic E-state index is -0.00364. The van der Waals surface area contributed by atoms with Gasteiger partial charge in [-0.1, -0.05) is 57.0 Å². The summed E-state index contributed by atoms with van der Waals surface area (Å²) in [5.41, 5.74) is 3.39. The van der Waals surface area contributed by atoms with Crippen molar-refractivity contribution in [2.24, 2.45) is 5.92 Å². The number of piperidine rings is 1. The van der Waals surface area contributed by atoms with Gasteiger partial charge in [-0.2, -0.15) is 0 Å². The molecule has 33 heavy (non-hydrogen) atoms. The molecule has 1 saturated heterocycles. The third-order valence-corrected chi connectivity index (χ3v) is 8.12. The maximum Gasteiger partial charge on any atom is 0.251 e. The van der Waals surface area contributed by atoms with Crippen LogP contribution in [0.3, 0.4) is 0 Å². The van der Waals surface area contributed by atoms with Crippen LogP contribution in [0.1, 0.15) is 92.1 Å². The van der Waals surface area contributed by atoms with Crippen LogP contribution in [0.5, 0.6) is 0 Å². The van der Waals surface area contributed by atoms with Crippen LogP contribution in [0.15, 0.2) is 30.3 Å². The Kier molecular flexibility index (Phi) is 8.80. The third kappa shape index (κ3) is 6.48. The first kappa shape index (κ1) is 26.0. The topological polar surface area (TPSA) is 41.6 Å². The summed E-state index contributed by atoms with van der Waals surface area (Å²) in [7, 11) is 1.81. The molecule has 1 aromatic rings. The van der Waals surface area contributed by atoms with Crippen molar-refractivity contribution >= 4 is 11.5 Å². The lowest BCUT2D eigenvalue weighted by Gasteiger charge is -2.39. The van der Waals surface area contributed by atoms with E-state index in [9.17, 15) is 4.79 Å². The Bertz CT molecular complexity index is 827. The number of carbonyl (C=O) groups excluding carboxylic acids is 1. The SMILES string of the molecule is CCC(C)NC(=O)C1=CC2(CCN(CCC(C)CCCC(C)(C)OC)CC2)c2ccccc21.[HH]. The first-order chi connectivity index (χ1) is 15.7. The first-order valence-electron chi connectivity index (χ1n) is 13.1. The van der Waals surface area contributed by atoms with Gasteiger partial charge in [0.05, 0.1) is 5.60 Å². The molecule has 2 aliphatic rings. The molecule has 1 aliphatic carbocycles. The molecule has 186 valence electrons. The highest BCUT2D eigenvalue weighted by Crippen LogP contribution is 2.47. The van der Waals surface area contributed by atoms with Crippen molar-refractivity contribution < 1.29 is 11.0 Å². The van der Waals surface area contributed by atoms with E-state index >= 15 is 0 Å². The quantitative estimate of drug-likeness (QED) is 0.431. The minimum Gasteiger partial charge on any atom is -0.379 e. The fourth-order valence-corrected chi connectivity index (χ4v) is 5.29. The summed E-state index contributed by atoms with van der Waals surface area (Å²) in [6, 6.07) is 8.76. The van der Waals surface area contributed by atoms with E-state index in [0.717, 1.165) is 55.8 Å². The van der Waals surface area contributed by atoms with Crippen molar-refractivity contribution in [1.82, 2.24) is 10.2 Å². The summed E-state index contributed by atoms with van der Waals surface area (Å²) in [5.74, 6) is 0.832. The van der Waals surface area contributed by atoms with Gasteiger partial charge in [-0.15, -0.1) is 0 Å². The molecule has 2 unspecified atom stereocenters. The van der Waals surface area contributed by atoms with Gasteiger partial charge in [0, 0.05) is 25.6 Å². The van der Waals surface area contributed by atoms with E-state index in [4.69, 9.17) is 4.74 Å².